The molecule has 1 heterocycles. The molecule has 0 saturated carbocycles. The van der Waals surface area contributed by atoms with Gasteiger partial charge in [-0.1, -0.05) is 11.6 Å². The number of anilines is 1. The van der Waals surface area contributed by atoms with E-state index in [1.165, 1.54) is 17.9 Å². The molecule has 1 aliphatic heterocycles. The van der Waals surface area contributed by atoms with E-state index in [4.69, 9.17) is 21.1 Å². The number of methoxy groups -OCH3 is 2. The van der Waals surface area contributed by atoms with Crippen LogP contribution in [-0.4, -0.2) is 45.9 Å². The van der Waals surface area contributed by atoms with E-state index in [9.17, 15) is 22.8 Å². The molecule has 0 N–H and O–H groups in total. The third-order valence-electron chi connectivity index (χ3n) is 3.60. The number of hydrogen-bond donors (Lipinski definition) is 0. The maximum Gasteiger partial charge on any atom is 0.573 e. The highest BCUT2D eigenvalue weighted by atomic mass is 35.5. The predicted octanol–water partition coefficient (Wildman–Crippen LogP) is 2.94. The summed E-state index contributed by atoms with van der Waals surface area (Å²) in [6.07, 6.45) is -4.92. The zero-order chi connectivity index (χ0) is 20.4. The second-order valence-corrected chi connectivity index (χ2v) is 5.74. The Morgan fingerprint density at radius 3 is 2.37 bits per heavy atom. The van der Waals surface area contributed by atoms with Crippen LogP contribution in [0.1, 0.15) is 5.56 Å². The number of halogens is 4. The van der Waals surface area contributed by atoms with Crippen LogP contribution in [0.3, 0.4) is 0 Å². The standard InChI is InChI=1S/C16H15ClF3NO6/c1-8-4-12(27-16(18,19)20)10(17)5-11(8)21-7-26-6-9(14(22)24-2)13(21)15(23)25-3/h4-5H,6-7H2,1-3H3. The van der Waals surface area contributed by atoms with Crippen LogP contribution in [0.15, 0.2) is 23.4 Å². The third-order valence-corrected chi connectivity index (χ3v) is 3.90. The average Bonchev–Trinajstić information content (AvgIpc) is 2.61. The van der Waals surface area contributed by atoms with Gasteiger partial charge in [0.25, 0.3) is 0 Å². The summed E-state index contributed by atoms with van der Waals surface area (Å²) in [6.45, 7) is 1.12. The average molecular weight is 410 g/mol. The topological polar surface area (TPSA) is 74.3 Å². The summed E-state index contributed by atoms with van der Waals surface area (Å²) in [5, 5.41) is -0.345. The van der Waals surface area contributed by atoms with Crippen molar-refractivity contribution in [2.45, 2.75) is 13.3 Å². The molecule has 7 nitrogen and oxygen atoms in total. The molecule has 1 aromatic rings. The van der Waals surface area contributed by atoms with Gasteiger partial charge in [-0.2, -0.15) is 0 Å². The van der Waals surface area contributed by atoms with Gasteiger partial charge in [0.05, 0.1) is 31.4 Å². The highest BCUT2D eigenvalue weighted by Gasteiger charge is 2.35. The minimum atomic E-state index is -4.92. The number of ether oxygens (including phenoxy) is 4. The number of nitrogens with zero attached hydrogens (tertiary/aromatic N) is 1. The van der Waals surface area contributed by atoms with Gasteiger partial charge in [-0.05, 0) is 24.6 Å². The second kappa shape index (κ2) is 8.05. The van der Waals surface area contributed by atoms with Crippen LogP contribution in [0.5, 0.6) is 5.75 Å². The zero-order valence-corrected chi connectivity index (χ0v) is 15.2. The van der Waals surface area contributed by atoms with Gasteiger partial charge < -0.3 is 23.8 Å². The van der Waals surface area contributed by atoms with E-state index in [1.54, 1.807) is 0 Å². The van der Waals surface area contributed by atoms with Gasteiger partial charge in [-0.25, -0.2) is 9.59 Å². The third kappa shape index (κ3) is 4.64. The van der Waals surface area contributed by atoms with E-state index in [0.717, 1.165) is 20.3 Å². The van der Waals surface area contributed by atoms with E-state index in [-0.39, 0.29) is 40.9 Å². The molecule has 0 fully saturated rings. The second-order valence-electron chi connectivity index (χ2n) is 5.33. The molecular weight excluding hydrogens is 395 g/mol. The van der Waals surface area contributed by atoms with Crippen molar-refractivity contribution in [2.24, 2.45) is 0 Å². The largest absolute Gasteiger partial charge is 0.573 e. The molecule has 0 aromatic heterocycles. The molecule has 11 heteroatoms. The molecule has 1 aliphatic rings. The van der Waals surface area contributed by atoms with Gasteiger partial charge in [0.1, 0.15) is 18.2 Å². The van der Waals surface area contributed by atoms with Gasteiger partial charge >= 0.3 is 18.3 Å². The van der Waals surface area contributed by atoms with Crippen molar-refractivity contribution >= 4 is 29.2 Å². The van der Waals surface area contributed by atoms with Crippen molar-refractivity contribution in [1.29, 1.82) is 0 Å². The van der Waals surface area contributed by atoms with Crippen LogP contribution in [0.2, 0.25) is 5.02 Å². The Balaban J connectivity index is 2.56. The summed E-state index contributed by atoms with van der Waals surface area (Å²) in [6, 6.07) is 2.23. The normalized spacial score (nSPS) is 14.9. The van der Waals surface area contributed by atoms with E-state index in [0.29, 0.717) is 0 Å². The van der Waals surface area contributed by atoms with Crippen LogP contribution in [-0.2, 0) is 23.8 Å². The van der Waals surface area contributed by atoms with Crippen molar-refractivity contribution in [3.8, 4) is 5.75 Å². The van der Waals surface area contributed by atoms with Crippen molar-refractivity contribution in [3.63, 3.8) is 0 Å². The lowest BCUT2D eigenvalue weighted by atomic mass is 10.1. The van der Waals surface area contributed by atoms with Gasteiger partial charge in [0, 0.05) is 5.69 Å². The van der Waals surface area contributed by atoms with Gasteiger partial charge in [-0.3, -0.25) is 0 Å². The Morgan fingerprint density at radius 1 is 1.19 bits per heavy atom. The van der Waals surface area contributed by atoms with E-state index in [2.05, 4.69) is 9.47 Å². The molecule has 0 unspecified atom stereocenters. The monoisotopic (exact) mass is 409 g/mol. The van der Waals surface area contributed by atoms with E-state index >= 15 is 0 Å². The number of carbonyl (C=O) groups is 2. The Kier molecular flexibility index (Phi) is 6.22. The van der Waals surface area contributed by atoms with Crippen LogP contribution >= 0.6 is 11.6 Å². The Bertz CT molecular complexity index is 793. The minimum absolute atomic E-state index is 0.0956. The first kappa shape index (κ1) is 20.8. The number of aryl methyl sites for hydroxylation is 1. The van der Waals surface area contributed by atoms with Gasteiger partial charge in [0.2, 0.25) is 0 Å². The first-order chi connectivity index (χ1) is 12.6. The van der Waals surface area contributed by atoms with Gasteiger partial charge in [-0.15, -0.1) is 13.2 Å². The maximum absolute atomic E-state index is 12.5. The molecule has 0 atom stereocenters. The predicted molar refractivity (Wildman–Crippen MR) is 87.2 cm³/mol. The number of hydrogen-bond acceptors (Lipinski definition) is 7. The Hall–Kier alpha value is -2.46. The smallest absolute Gasteiger partial charge is 0.466 e. The van der Waals surface area contributed by atoms with Crippen LogP contribution in [0.4, 0.5) is 18.9 Å². The molecule has 0 bridgehead atoms. The molecule has 148 valence electrons. The van der Waals surface area contributed by atoms with Crippen molar-refractivity contribution in [2.75, 3.05) is 32.5 Å². The SMILES string of the molecule is COC(=O)C1=C(C(=O)OC)N(c2cc(Cl)c(OC(F)(F)F)cc2C)COC1. The zero-order valence-electron chi connectivity index (χ0n) is 14.5. The van der Waals surface area contributed by atoms with Crippen molar-refractivity contribution < 1.29 is 41.7 Å². The maximum atomic E-state index is 12.5. The van der Waals surface area contributed by atoms with Crippen LogP contribution < -0.4 is 9.64 Å². The molecule has 0 amide bonds. The molecule has 0 radical (unpaired) electrons. The number of alkyl halides is 3. The fourth-order valence-electron chi connectivity index (χ4n) is 2.47. The molecule has 0 saturated heterocycles. The quantitative estimate of drug-likeness (QED) is 0.708. The molecule has 27 heavy (non-hydrogen) atoms. The van der Waals surface area contributed by atoms with Crippen LogP contribution in [0, 0.1) is 6.92 Å². The Morgan fingerprint density at radius 2 is 1.81 bits per heavy atom. The minimum Gasteiger partial charge on any atom is -0.466 e. The van der Waals surface area contributed by atoms with Gasteiger partial charge in [0.15, 0.2) is 0 Å². The lowest BCUT2D eigenvalue weighted by Crippen LogP contribution is -2.39. The Labute approximate surface area is 157 Å². The first-order valence-corrected chi connectivity index (χ1v) is 7.77. The highest BCUT2D eigenvalue weighted by Crippen LogP contribution is 2.38. The molecular formula is C16H15ClF3NO6. The fourth-order valence-corrected chi connectivity index (χ4v) is 2.67. The fraction of sp³-hybridized carbons (Fsp3) is 0.375. The number of esters is 2. The summed E-state index contributed by atoms with van der Waals surface area (Å²) in [5.74, 6) is -2.24. The number of carbonyl (C=O) groups excluding carboxylic acids is 2. The summed E-state index contributed by atoms with van der Waals surface area (Å²) in [5.41, 5.74) is 0.270. The van der Waals surface area contributed by atoms with Crippen LogP contribution in [0.25, 0.3) is 0 Å². The number of rotatable bonds is 4. The summed E-state index contributed by atoms with van der Waals surface area (Å²) < 4.78 is 55.9. The summed E-state index contributed by atoms with van der Waals surface area (Å²) in [4.78, 5) is 25.5. The summed E-state index contributed by atoms with van der Waals surface area (Å²) in [7, 11) is 2.26. The lowest BCUT2D eigenvalue weighted by molar-refractivity contribution is -0.274. The molecule has 2 rings (SSSR count). The van der Waals surface area contributed by atoms with Crippen molar-refractivity contribution in [1.82, 2.24) is 0 Å². The molecule has 1 aromatic carbocycles. The van der Waals surface area contributed by atoms with Crippen molar-refractivity contribution in [3.05, 3.63) is 34.0 Å². The lowest BCUT2D eigenvalue weighted by Gasteiger charge is -2.32. The van der Waals surface area contributed by atoms with E-state index < -0.39 is 24.1 Å². The molecule has 0 aliphatic carbocycles. The van der Waals surface area contributed by atoms with E-state index in [1.807, 2.05) is 0 Å². The molecule has 0 spiro atoms. The highest BCUT2D eigenvalue weighted by molar-refractivity contribution is 6.32. The first-order valence-electron chi connectivity index (χ1n) is 7.40. The number of benzene rings is 1. The summed E-state index contributed by atoms with van der Waals surface area (Å²) >= 11 is 5.90.